The SMILES string of the molecule is CC(C)(C)OC(=O)[C@@H]1C[C@@H](CC(=O)O)C(=O)N1C(=O)OC(C)(C)C. The Hall–Kier alpha value is -2.12. The number of carbonyl (C=O) groups is 4. The molecule has 2 atom stereocenters. The number of ether oxygens (including phenoxy) is 2. The first kappa shape index (κ1) is 19.9. The van der Waals surface area contributed by atoms with Crippen LogP contribution in [0.2, 0.25) is 0 Å². The molecule has 136 valence electrons. The van der Waals surface area contributed by atoms with E-state index in [-0.39, 0.29) is 6.42 Å². The van der Waals surface area contributed by atoms with Crippen molar-refractivity contribution in [2.45, 2.75) is 71.6 Å². The average Bonchev–Trinajstić information content (AvgIpc) is 2.61. The Morgan fingerprint density at radius 3 is 2.00 bits per heavy atom. The summed E-state index contributed by atoms with van der Waals surface area (Å²) in [5.41, 5.74) is -1.66. The Labute approximate surface area is 141 Å². The molecule has 0 aromatic heterocycles. The minimum absolute atomic E-state index is 0.0979. The van der Waals surface area contributed by atoms with Crippen LogP contribution in [0.3, 0.4) is 0 Å². The minimum atomic E-state index is -1.18. The first-order valence-corrected chi connectivity index (χ1v) is 7.72. The highest BCUT2D eigenvalue weighted by Gasteiger charge is 2.49. The first-order chi connectivity index (χ1) is 10.7. The molecule has 1 rings (SSSR count). The number of hydrogen-bond acceptors (Lipinski definition) is 6. The molecule has 0 spiro atoms. The molecule has 1 saturated heterocycles. The molecule has 1 heterocycles. The molecule has 0 saturated carbocycles. The van der Waals surface area contributed by atoms with Crippen molar-refractivity contribution in [2.24, 2.45) is 5.92 Å². The highest BCUT2D eigenvalue weighted by molar-refractivity contribution is 6.01. The Balaban J connectivity index is 3.07. The second-order valence-electron chi connectivity index (χ2n) is 7.77. The van der Waals surface area contributed by atoms with E-state index in [0.717, 1.165) is 0 Å². The number of amides is 2. The summed E-state index contributed by atoms with van der Waals surface area (Å²) in [4.78, 5) is 48.7. The Bertz CT molecular complexity index is 542. The molecule has 0 aromatic carbocycles. The van der Waals surface area contributed by atoms with Gasteiger partial charge in [0.1, 0.15) is 17.2 Å². The van der Waals surface area contributed by atoms with E-state index < -0.39 is 53.5 Å². The van der Waals surface area contributed by atoms with Crippen LogP contribution in [0.15, 0.2) is 0 Å². The molecule has 8 heteroatoms. The van der Waals surface area contributed by atoms with Crippen LogP contribution < -0.4 is 0 Å². The van der Waals surface area contributed by atoms with Crippen LogP contribution in [0.4, 0.5) is 4.79 Å². The van der Waals surface area contributed by atoms with Gasteiger partial charge in [-0.15, -0.1) is 0 Å². The topological polar surface area (TPSA) is 110 Å². The summed E-state index contributed by atoms with van der Waals surface area (Å²) in [6.07, 6.45) is -1.53. The molecule has 1 N–H and O–H groups in total. The molecule has 1 aliphatic heterocycles. The average molecular weight is 343 g/mol. The van der Waals surface area contributed by atoms with E-state index in [4.69, 9.17) is 14.6 Å². The molecule has 1 aliphatic rings. The zero-order valence-corrected chi connectivity index (χ0v) is 14.9. The van der Waals surface area contributed by atoms with Crippen LogP contribution in [0.1, 0.15) is 54.4 Å². The molecule has 0 aromatic rings. The summed E-state index contributed by atoms with van der Waals surface area (Å²) in [5.74, 6) is -3.63. The van der Waals surface area contributed by atoms with Crippen molar-refractivity contribution < 1.29 is 33.8 Å². The molecule has 0 bridgehead atoms. The van der Waals surface area contributed by atoms with Gasteiger partial charge in [-0.05, 0) is 48.0 Å². The van der Waals surface area contributed by atoms with Gasteiger partial charge >= 0.3 is 18.0 Å². The van der Waals surface area contributed by atoms with Crippen molar-refractivity contribution >= 4 is 23.9 Å². The van der Waals surface area contributed by atoms with Crippen molar-refractivity contribution in [3.8, 4) is 0 Å². The number of carbonyl (C=O) groups excluding carboxylic acids is 3. The molecule has 0 aliphatic carbocycles. The summed E-state index contributed by atoms with van der Waals surface area (Å²) in [5, 5.41) is 8.91. The van der Waals surface area contributed by atoms with Crippen molar-refractivity contribution in [2.75, 3.05) is 0 Å². The van der Waals surface area contributed by atoms with Gasteiger partial charge in [-0.3, -0.25) is 9.59 Å². The lowest BCUT2D eigenvalue weighted by Gasteiger charge is -2.28. The van der Waals surface area contributed by atoms with E-state index in [2.05, 4.69) is 0 Å². The van der Waals surface area contributed by atoms with Crippen LogP contribution in [0.25, 0.3) is 0 Å². The van der Waals surface area contributed by atoms with Gasteiger partial charge < -0.3 is 14.6 Å². The number of carboxylic acids is 1. The molecular weight excluding hydrogens is 318 g/mol. The quantitative estimate of drug-likeness (QED) is 0.780. The number of imide groups is 1. The van der Waals surface area contributed by atoms with Gasteiger partial charge in [-0.25, -0.2) is 14.5 Å². The lowest BCUT2D eigenvalue weighted by atomic mass is 10.0. The van der Waals surface area contributed by atoms with Gasteiger partial charge in [0, 0.05) is 0 Å². The number of carboxylic acid groups (broad SMARTS) is 1. The maximum atomic E-state index is 12.4. The summed E-state index contributed by atoms with van der Waals surface area (Å²) >= 11 is 0. The third-order valence-electron chi connectivity index (χ3n) is 3.10. The number of likely N-dealkylation sites (tertiary alicyclic amines) is 1. The molecular formula is C16H25NO7. The predicted octanol–water partition coefficient (Wildman–Crippen LogP) is 1.95. The lowest BCUT2D eigenvalue weighted by Crippen LogP contribution is -2.47. The highest BCUT2D eigenvalue weighted by Crippen LogP contribution is 2.30. The molecule has 2 amide bonds. The van der Waals surface area contributed by atoms with E-state index in [0.29, 0.717) is 4.90 Å². The fourth-order valence-electron chi connectivity index (χ4n) is 2.31. The fourth-order valence-corrected chi connectivity index (χ4v) is 2.31. The van der Waals surface area contributed by atoms with Gasteiger partial charge in [0.2, 0.25) is 5.91 Å². The van der Waals surface area contributed by atoms with E-state index in [9.17, 15) is 19.2 Å². The number of nitrogens with zero attached hydrogens (tertiary/aromatic N) is 1. The second-order valence-corrected chi connectivity index (χ2v) is 7.77. The maximum absolute atomic E-state index is 12.4. The maximum Gasteiger partial charge on any atom is 0.417 e. The third-order valence-corrected chi connectivity index (χ3v) is 3.10. The Morgan fingerprint density at radius 1 is 1.08 bits per heavy atom. The molecule has 8 nitrogen and oxygen atoms in total. The van der Waals surface area contributed by atoms with Crippen LogP contribution in [-0.2, 0) is 23.9 Å². The standard InChI is InChI=1S/C16H25NO7/c1-15(2,3)23-13(21)10-7-9(8-11(18)19)12(20)17(10)14(22)24-16(4,5)6/h9-10H,7-8H2,1-6H3,(H,18,19)/t9-,10-/m0/s1. The van der Waals surface area contributed by atoms with E-state index >= 15 is 0 Å². The zero-order chi connectivity index (χ0) is 18.9. The smallest absolute Gasteiger partial charge is 0.417 e. The van der Waals surface area contributed by atoms with Gasteiger partial charge in [0.15, 0.2) is 0 Å². The lowest BCUT2D eigenvalue weighted by molar-refractivity contribution is -0.161. The van der Waals surface area contributed by atoms with E-state index in [1.165, 1.54) is 0 Å². The van der Waals surface area contributed by atoms with Gasteiger partial charge in [0.25, 0.3) is 0 Å². The van der Waals surface area contributed by atoms with Gasteiger partial charge in [0.05, 0.1) is 12.3 Å². The zero-order valence-electron chi connectivity index (χ0n) is 14.9. The highest BCUT2D eigenvalue weighted by atomic mass is 16.6. The van der Waals surface area contributed by atoms with Crippen molar-refractivity contribution in [3.05, 3.63) is 0 Å². The summed E-state index contributed by atoms with van der Waals surface area (Å²) in [7, 11) is 0. The molecule has 24 heavy (non-hydrogen) atoms. The summed E-state index contributed by atoms with van der Waals surface area (Å²) in [6, 6.07) is -1.18. The Kier molecular flexibility index (Phi) is 5.63. The van der Waals surface area contributed by atoms with Crippen molar-refractivity contribution in [3.63, 3.8) is 0 Å². The Morgan fingerprint density at radius 2 is 1.58 bits per heavy atom. The van der Waals surface area contributed by atoms with Crippen LogP contribution in [0.5, 0.6) is 0 Å². The van der Waals surface area contributed by atoms with E-state index in [1.54, 1.807) is 41.5 Å². The summed E-state index contributed by atoms with van der Waals surface area (Å²) in [6.45, 7) is 9.87. The number of hydrogen-bond donors (Lipinski definition) is 1. The third kappa shape index (κ3) is 5.50. The predicted molar refractivity (Wildman–Crippen MR) is 83.1 cm³/mol. The molecule has 0 unspecified atom stereocenters. The van der Waals surface area contributed by atoms with Crippen LogP contribution in [-0.4, -0.2) is 51.2 Å². The van der Waals surface area contributed by atoms with Gasteiger partial charge in [-0.1, -0.05) is 0 Å². The van der Waals surface area contributed by atoms with Gasteiger partial charge in [-0.2, -0.15) is 0 Å². The van der Waals surface area contributed by atoms with Crippen molar-refractivity contribution in [1.82, 2.24) is 4.90 Å². The number of rotatable bonds is 3. The monoisotopic (exact) mass is 343 g/mol. The number of esters is 1. The first-order valence-electron chi connectivity index (χ1n) is 7.72. The minimum Gasteiger partial charge on any atom is -0.481 e. The second kappa shape index (κ2) is 6.78. The summed E-state index contributed by atoms with van der Waals surface area (Å²) < 4.78 is 10.4. The van der Waals surface area contributed by atoms with E-state index in [1.807, 2.05) is 0 Å². The normalized spacial score (nSPS) is 21.6. The fraction of sp³-hybridized carbons (Fsp3) is 0.750. The molecule has 0 radical (unpaired) electrons. The van der Waals surface area contributed by atoms with Crippen LogP contribution in [0, 0.1) is 5.92 Å². The van der Waals surface area contributed by atoms with Crippen molar-refractivity contribution in [1.29, 1.82) is 0 Å². The van der Waals surface area contributed by atoms with Crippen LogP contribution >= 0.6 is 0 Å². The largest absolute Gasteiger partial charge is 0.481 e. The number of aliphatic carboxylic acids is 1. The molecule has 1 fully saturated rings.